The van der Waals surface area contributed by atoms with Crippen molar-refractivity contribution in [2.45, 2.75) is 40.2 Å². The molecule has 0 bridgehead atoms. The second-order valence-electron chi connectivity index (χ2n) is 5.65. The number of aryl methyl sites for hydroxylation is 1. The van der Waals surface area contributed by atoms with Crippen molar-refractivity contribution >= 4 is 27.8 Å². The summed E-state index contributed by atoms with van der Waals surface area (Å²) in [5.41, 5.74) is 1.97. The monoisotopic (exact) mass is 341 g/mol. The van der Waals surface area contributed by atoms with Crippen LogP contribution in [0.5, 0.6) is 0 Å². The number of ether oxygens (including phenoxy) is 1. The normalized spacial score (nSPS) is 11.1. The molecule has 0 aromatic heterocycles. The van der Waals surface area contributed by atoms with Gasteiger partial charge in [0.15, 0.2) is 5.78 Å². The molecule has 110 valence electrons. The van der Waals surface area contributed by atoms with Gasteiger partial charge in [-0.3, -0.25) is 4.79 Å². The average Bonchev–Trinajstić information content (AvgIpc) is 2.31. The maximum atomic E-state index is 12.1. The van der Waals surface area contributed by atoms with Gasteiger partial charge in [0.2, 0.25) is 0 Å². The number of halogens is 1. The van der Waals surface area contributed by atoms with Gasteiger partial charge in [-0.25, -0.2) is 4.79 Å². The van der Waals surface area contributed by atoms with E-state index in [4.69, 9.17) is 4.74 Å². The fourth-order valence-corrected chi connectivity index (χ4v) is 2.03. The molecule has 0 radical (unpaired) electrons. The maximum absolute atomic E-state index is 12.1. The molecule has 0 heterocycles. The molecule has 1 aromatic carbocycles. The molecule has 0 unspecified atom stereocenters. The molecule has 0 aliphatic heterocycles. The van der Waals surface area contributed by atoms with E-state index >= 15 is 0 Å². The average molecular weight is 342 g/mol. The number of carbonyl (C=O) groups excluding carboxylic acids is 2. The van der Waals surface area contributed by atoms with Crippen LogP contribution in [0.1, 0.15) is 42.3 Å². The summed E-state index contributed by atoms with van der Waals surface area (Å²) in [5, 5.41) is 2.47. The van der Waals surface area contributed by atoms with Gasteiger partial charge in [-0.2, -0.15) is 0 Å². The Labute approximate surface area is 128 Å². The van der Waals surface area contributed by atoms with Gasteiger partial charge >= 0.3 is 6.09 Å². The van der Waals surface area contributed by atoms with Crippen LogP contribution < -0.4 is 5.32 Å². The number of hydrogen-bond acceptors (Lipinski definition) is 3. The van der Waals surface area contributed by atoms with E-state index in [0.717, 1.165) is 15.6 Å². The molecule has 20 heavy (non-hydrogen) atoms. The number of Topliss-reactive ketones (excluding diaryl/α,β-unsaturated/α-hetero) is 1. The van der Waals surface area contributed by atoms with Crippen molar-refractivity contribution in [2.24, 2.45) is 0 Å². The molecule has 1 amide bonds. The molecule has 0 saturated carbocycles. The van der Waals surface area contributed by atoms with Crippen molar-refractivity contribution in [1.29, 1.82) is 0 Å². The van der Waals surface area contributed by atoms with E-state index in [9.17, 15) is 9.59 Å². The molecule has 0 aliphatic rings. The number of amides is 1. The zero-order chi connectivity index (χ0) is 15.5. The second kappa shape index (κ2) is 6.39. The van der Waals surface area contributed by atoms with Gasteiger partial charge in [0, 0.05) is 10.0 Å². The first-order valence-electron chi connectivity index (χ1n) is 6.37. The van der Waals surface area contributed by atoms with E-state index in [-0.39, 0.29) is 12.3 Å². The minimum absolute atomic E-state index is 0.0781. The van der Waals surface area contributed by atoms with E-state index < -0.39 is 11.7 Å². The lowest BCUT2D eigenvalue weighted by atomic mass is 10.0. The molecule has 0 fully saturated rings. The Hall–Kier alpha value is -1.36. The standard InChI is InChI=1S/C15H20BrNO3/c1-9-6-7-11(10(2)13(9)16)12(18)8-17-14(19)20-15(3,4)5/h6-7H,8H2,1-5H3,(H,17,19). The number of rotatable bonds is 3. The Kier molecular flexibility index (Phi) is 5.34. The lowest BCUT2D eigenvalue weighted by molar-refractivity contribution is 0.0520. The summed E-state index contributed by atoms with van der Waals surface area (Å²) in [6, 6.07) is 3.65. The van der Waals surface area contributed by atoms with E-state index in [2.05, 4.69) is 21.2 Å². The molecule has 0 spiro atoms. The number of hydrogen-bond donors (Lipinski definition) is 1. The van der Waals surface area contributed by atoms with E-state index in [1.165, 1.54) is 0 Å². The van der Waals surface area contributed by atoms with Gasteiger partial charge in [0.25, 0.3) is 0 Å². The van der Waals surface area contributed by atoms with Crippen LogP contribution in [-0.4, -0.2) is 24.0 Å². The Morgan fingerprint density at radius 1 is 1.25 bits per heavy atom. The second-order valence-corrected chi connectivity index (χ2v) is 6.44. The molecule has 0 atom stereocenters. The summed E-state index contributed by atoms with van der Waals surface area (Å²) in [7, 11) is 0. The highest BCUT2D eigenvalue weighted by Gasteiger charge is 2.18. The van der Waals surface area contributed by atoms with E-state index in [1.807, 2.05) is 19.9 Å². The third-order valence-corrected chi connectivity index (χ3v) is 3.89. The zero-order valence-corrected chi connectivity index (χ0v) is 14.1. The van der Waals surface area contributed by atoms with Crippen LogP contribution >= 0.6 is 15.9 Å². The van der Waals surface area contributed by atoms with E-state index in [1.54, 1.807) is 26.8 Å². The summed E-state index contributed by atoms with van der Waals surface area (Å²) >= 11 is 3.45. The Balaban J connectivity index is 2.69. The van der Waals surface area contributed by atoms with Gasteiger partial charge in [0.1, 0.15) is 5.60 Å². The third-order valence-electron chi connectivity index (χ3n) is 2.67. The number of carbonyl (C=O) groups is 2. The summed E-state index contributed by atoms with van der Waals surface area (Å²) in [5.74, 6) is -0.144. The van der Waals surface area contributed by atoms with Crippen LogP contribution in [0.4, 0.5) is 4.79 Å². The Morgan fingerprint density at radius 2 is 1.85 bits per heavy atom. The lowest BCUT2D eigenvalue weighted by Gasteiger charge is -2.19. The first-order chi connectivity index (χ1) is 9.11. The van der Waals surface area contributed by atoms with Gasteiger partial charge in [0.05, 0.1) is 6.54 Å². The minimum Gasteiger partial charge on any atom is -0.444 e. The van der Waals surface area contributed by atoms with Gasteiger partial charge < -0.3 is 10.1 Å². The predicted octanol–water partition coefficient (Wildman–Crippen LogP) is 3.77. The van der Waals surface area contributed by atoms with Crippen molar-refractivity contribution in [1.82, 2.24) is 5.32 Å². The predicted molar refractivity (Wildman–Crippen MR) is 82.2 cm³/mol. The molecule has 5 heteroatoms. The van der Waals surface area contributed by atoms with Gasteiger partial charge in [-0.1, -0.05) is 28.1 Å². The first kappa shape index (κ1) is 16.7. The van der Waals surface area contributed by atoms with Gasteiger partial charge in [-0.15, -0.1) is 0 Å². The fourth-order valence-electron chi connectivity index (χ4n) is 1.68. The van der Waals surface area contributed by atoms with Crippen LogP contribution in [-0.2, 0) is 4.74 Å². The first-order valence-corrected chi connectivity index (χ1v) is 7.17. The summed E-state index contributed by atoms with van der Waals surface area (Å²) in [4.78, 5) is 23.6. The smallest absolute Gasteiger partial charge is 0.408 e. The summed E-state index contributed by atoms with van der Waals surface area (Å²) in [6.45, 7) is 9.08. The van der Waals surface area contributed by atoms with Crippen LogP contribution in [0, 0.1) is 13.8 Å². The highest BCUT2D eigenvalue weighted by Crippen LogP contribution is 2.24. The Morgan fingerprint density at radius 3 is 2.40 bits per heavy atom. The lowest BCUT2D eigenvalue weighted by Crippen LogP contribution is -2.35. The molecule has 0 aliphatic carbocycles. The van der Waals surface area contributed by atoms with Crippen molar-refractivity contribution in [3.05, 3.63) is 33.3 Å². The summed E-state index contributed by atoms with van der Waals surface area (Å²) < 4.78 is 6.00. The number of ketones is 1. The number of alkyl carbamates (subject to hydrolysis) is 1. The molecule has 1 rings (SSSR count). The molecular formula is C15H20BrNO3. The highest BCUT2D eigenvalue weighted by molar-refractivity contribution is 9.10. The van der Waals surface area contributed by atoms with Crippen molar-refractivity contribution in [3.8, 4) is 0 Å². The topological polar surface area (TPSA) is 55.4 Å². The van der Waals surface area contributed by atoms with Crippen molar-refractivity contribution < 1.29 is 14.3 Å². The van der Waals surface area contributed by atoms with Crippen LogP contribution in [0.15, 0.2) is 16.6 Å². The maximum Gasteiger partial charge on any atom is 0.408 e. The largest absolute Gasteiger partial charge is 0.444 e. The summed E-state index contributed by atoms with van der Waals surface area (Å²) in [6.07, 6.45) is -0.588. The molecule has 1 N–H and O–H groups in total. The van der Waals surface area contributed by atoms with Crippen LogP contribution in [0.3, 0.4) is 0 Å². The minimum atomic E-state index is -0.588. The molecule has 4 nitrogen and oxygen atoms in total. The van der Waals surface area contributed by atoms with Crippen molar-refractivity contribution in [2.75, 3.05) is 6.54 Å². The van der Waals surface area contributed by atoms with Crippen LogP contribution in [0.2, 0.25) is 0 Å². The van der Waals surface area contributed by atoms with Crippen LogP contribution in [0.25, 0.3) is 0 Å². The van der Waals surface area contributed by atoms with E-state index in [0.29, 0.717) is 5.56 Å². The SMILES string of the molecule is Cc1ccc(C(=O)CNC(=O)OC(C)(C)C)c(C)c1Br. The zero-order valence-electron chi connectivity index (χ0n) is 12.5. The fraction of sp³-hybridized carbons (Fsp3) is 0.467. The quantitative estimate of drug-likeness (QED) is 0.851. The number of nitrogens with one attached hydrogen (secondary N) is 1. The van der Waals surface area contributed by atoms with Crippen molar-refractivity contribution in [3.63, 3.8) is 0 Å². The Bertz CT molecular complexity index is 533. The number of benzene rings is 1. The third kappa shape index (κ3) is 4.63. The molecular weight excluding hydrogens is 322 g/mol. The molecule has 1 aromatic rings. The van der Waals surface area contributed by atoms with Gasteiger partial charge in [-0.05, 0) is 45.7 Å². The highest BCUT2D eigenvalue weighted by atomic mass is 79.9. The molecule has 0 saturated heterocycles.